The van der Waals surface area contributed by atoms with E-state index >= 15 is 0 Å². The van der Waals surface area contributed by atoms with Crippen molar-refractivity contribution in [3.63, 3.8) is 0 Å². The molecular weight excluding hydrogens is 444 g/mol. The Bertz CT molecular complexity index is 1390. The van der Waals surface area contributed by atoms with E-state index in [1.54, 1.807) is 0 Å². The number of carbonyl (C=O) groups excluding carboxylic acids is 1. The zero-order chi connectivity index (χ0) is 23.1. The quantitative estimate of drug-likeness (QED) is 0.391. The number of rotatable bonds is 8. The molecular formula is C27H26N4O2S. The van der Waals surface area contributed by atoms with Crippen LogP contribution in [0.15, 0.2) is 64.8 Å². The predicted octanol–water partition coefficient (Wildman–Crippen LogP) is 4.71. The minimum Gasteiger partial charge on any atom is -0.349 e. The maximum Gasteiger partial charge on any atom is 0.260 e. The normalized spacial score (nSPS) is 15.7. The van der Waals surface area contributed by atoms with Crippen molar-refractivity contribution in [1.29, 1.82) is 0 Å². The van der Waals surface area contributed by atoms with E-state index in [2.05, 4.69) is 15.2 Å². The Hall–Kier alpha value is -3.29. The SMILES string of the molecule is O=C(NC1CC1)c1ccc(CN(Cc2nc3scc(-c4ccccc4)c3c(=O)[nH]2)C2CC2)cc1. The Morgan fingerprint density at radius 1 is 1.03 bits per heavy atom. The maximum atomic E-state index is 13.0. The number of carbonyl (C=O) groups is 1. The van der Waals surface area contributed by atoms with E-state index in [-0.39, 0.29) is 11.5 Å². The van der Waals surface area contributed by atoms with Gasteiger partial charge in [0.25, 0.3) is 11.5 Å². The molecule has 4 aromatic rings. The summed E-state index contributed by atoms with van der Waals surface area (Å²) in [5.74, 6) is 0.709. The Morgan fingerprint density at radius 2 is 1.79 bits per heavy atom. The van der Waals surface area contributed by atoms with Crippen molar-refractivity contribution in [3.8, 4) is 11.1 Å². The molecule has 6 nitrogen and oxygen atoms in total. The summed E-state index contributed by atoms with van der Waals surface area (Å²) in [4.78, 5) is 36.3. The average Bonchev–Trinajstić information content (AvgIpc) is 3.78. The summed E-state index contributed by atoms with van der Waals surface area (Å²) < 4.78 is 0. The summed E-state index contributed by atoms with van der Waals surface area (Å²) in [6.07, 6.45) is 4.49. The van der Waals surface area contributed by atoms with Crippen LogP contribution in [0, 0.1) is 0 Å². The number of H-pyrrole nitrogens is 1. The number of aromatic amines is 1. The van der Waals surface area contributed by atoms with Gasteiger partial charge < -0.3 is 10.3 Å². The topological polar surface area (TPSA) is 78.1 Å². The zero-order valence-electron chi connectivity index (χ0n) is 18.8. The van der Waals surface area contributed by atoms with Crippen molar-refractivity contribution in [2.24, 2.45) is 0 Å². The zero-order valence-corrected chi connectivity index (χ0v) is 19.6. The van der Waals surface area contributed by atoms with E-state index in [4.69, 9.17) is 4.98 Å². The lowest BCUT2D eigenvalue weighted by Crippen LogP contribution is -2.28. The van der Waals surface area contributed by atoms with E-state index in [1.807, 2.05) is 60.0 Å². The first kappa shape index (κ1) is 21.3. The van der Waals surface area contributed by atoms with Crippen LogP contribution in [0.25, 0.3) is 21.3 Å². The van der Waals surface area contributed by atoms with E-state index in [0.717, 1.165) is 53.7 Å². The number of thiophene rings is 1. The lowest BCUT2D eigenvalue weighted by atomic mass is 10.1. The molecule has 2 N–H and O–H groups in total. The van der Waals surface area contributed by atoms with Crippen molar-refractivity contribution in [2.45, 2.75) is 50.9 Å². The van der Waals surface area contributed by atoms with Gasteiger partial charge in [-0.1, -0.05) is 42.5 Å². The largest absolute Gasteiger partial charge is 0.349 e. The fraction of sp³-hybridized carbons (Fsp3) is 0.296. The number of hydrogen-bond donors (Lipinski definition) is 2. The highest BCUT2D eigenvalue weighted by Gasteiger charge is 2.30. The van der Waals surface area contributed by atoms with Gasteiger partial charge in [0.15, 0.2) is 0 Å². The van der Waals surface area contributed by atoms with Gasteiger partial charge in [-0.25, -0.2) is 4.98 Å². The number of benzene rings is 2. The molecule has 0 saturated heterocycles. The molecule has 2 fully saturated rings. The second kappa shape index (κ2) is 8.81. The van der Waals surface area contributed by atoms with Gasteiger partial charge in [0.2, 0.25) is 0 Å². The van der Waals surface area contributed by atoms with E-state index < -0.39 is 0 Å². The Morgan fingerprint density at radius 3 is 2.50 bits per heavy atom. The summed E-state index contributed by atoms with van der Waals surface area (Å²) in [6.45, 7) is 1.36. The molecule has 0 spiro atoms. The highest BCUT2D eigenvalue weighted by atomic mass is 32.1. The van der Waals surface area contributed by atoms with Gasteiger partial charge in [0.1, 0.15) is 10.7 Å². The Balaban J connectivity index is 1.20. The van der Waals surface area contributed by atoms with Gasteiger partial charge in [-0.3, -0.25) is 14.5 Å². The molecule has 6 rings (SSSR count). The van der Waals surface area contributed by atoms with Gasteiger partial charge in [-0.2, -0.15) is 0 Å². The van der Waals surface area contributed by atoms with Crippen LogP contribution >= 0.6 is 11.3 Å². The fourth-order valence-corrected chi connectivity index (χ4v) is 5.30. The molecule has 0 atom stereocenters. The molecule has 2 heterocycles. The second-order valence-electron chi connectivity index (χ2n) is 9.29. The fourth-order valence-electron chi connectivity index (χ4n) is 4.34. The molecule has 0 radical (unpaired) electrons. The molecule has 2 aromatic carbocycles. The van der Waals surface area contributed by atoms with Crippen molar-refractivity contribution < 1.29 is 4.79 Å². The van der Waals surface area contributed by atoms with E-state index in [1.165, 1.54) is 11.3 Å². The third-order valence-corrected chi connectivity index (χ3v) is 7.38. The van der Waals surface area contributed by atoms with Gasteiger partial charge in [0.05, 0.1) is 11.9 Å². The number of hydrogen-bond acceptors (Lipinski definition) is 5. The van der Waals surface area contributed by atoms with Crippen LogP contribution in [0.1, 0.15) is 47.4 Å². The maximum absolute atomic E-state index is 13.0. The molecule has 0 unspecified atom stereocenters. The first-order chi connectivity index (χ1) is 16.6. The van der Waals surface area contributed by atoms with Crippen molar-refractivity contribution >= 4 is 27.5 Å². The molecule has 2 aliphatic rings. The van der Waals surface area contributed by atoms with Crippen LogP contribution < -0.4 is 10.9 Å². The van der Waals surface area contributed by atoms with Crippen LogP contribution in [0.5, 0.6) is 0 Å². The van der Waals surface area contributed by atoms with Crippen LogP contribution in [0.3, 0.4) is 0 Å². The van der Waals surface area contributed by atoms with E-state index in [9.17, 15) is 9.59 Å². The monoisotopic (exact) mass is 470 g/mol. The van der Waals surface area contributed by atoms with Crippen molar-refractivity contribution in [1.82, 2.24) is 20.2 Å². The highest BCUT2D eigenvalue weighted by Crippen LogP contribution is 2.32. The molecule has 0 aliphatic heterocycles. The smallest absolute Gasteiger partial charge is 0.260 e. The Labute approximate surface area is 201 Å². The minimum atomic E-state index is -0.0816. The molecule has 7 heteroatoms. The first-order valence-corrected chi connectivity index (χ1v) is 12.7. The van der Waals surface area contributed by atoms with Crippen LogP contribution in [-0.4, -0.2) is 32.9 Å². The first-order valence-electron chi connectivity index (χ1n) is 11.8. The van der Waals surface area contributed by atoms with Gasteiger partial charge in [-0.15, -0.1) is 11.3 Å². The summed E-state index contributed by atoms with van der Waals surface area (Å²) in [5, 5.41) is 5.72. The minimum absolute atomic E-state index is 0.00833. The Kier molecular flexibility index (Phi) is 5.51. The van der Waals surface area contributed by atoms with Crippen LogP contribution in [-0.2, 0) is 13.1 Å². The van der Waals surface area contributed by atoms with E-state index in [0.29, 0.717) is 35.4 Å². The molecule has 2 aromatic heterocycles. The molecule has 172 valence electrons. The number of fused-ring (bicyclic) bond motifs is 1. The summed E-state index contributed by atoms with van der Waals surface area (Å²) in [7, 11) is 0. The lowest BCUT2D eigenvalue weighted by Gasteiger charge is -2.21. The molecule has 2 saturated carbocycles. The van der Waals surface area contributed by atoms with Gasteiger partial charge >= 0.3 is 0 Å². The van der Waals surface area contributed by atoms with Crippen LogP contribution in [0.2, 0.25) is 0 Å². The second-order valence-corrected chi connectivity index (χ2v) is 10.1. The molecule has 2 aliphatic carbocycles. The lowest BCUT2D eigenvalue weighted by molar-refractivity contribution is 0.0951. The molecule has 0 bridgehead atoms. The van der Waals surface area contributed by atoms with Gasteiger partial charge in [0, 0.05) is 35.1 Å². The number of nitrogens with zero attached hydrogens (tertiary/aromatic N) is 2. The summed E-state index contributed by atoms with van der Waals surface area (Å²) in [6, 6.07) is 18.7. The van der Waals surface area contributed by atoms with Crippen molar-refractivity contribution in [2.75, 3.05) is 0 Å². The third kappa shape index (κ3) is 4.54. The number of nitrogens with one attached hydrogen (secondary N) is 2. The molecule has 1 amide bonds. The van der Waals surface area contributed by atoms with Crippen molar-refractivity contribution in [3.05, 3.63) is 87.3 Å². The van der Waals surface area contributed by atoms with Crippen LogP contribution in [0.4, 0.5) is 0 Å². The average molecular weight is 471 g/mol. The summed E-state index contributed by atoms with van der Waals surface area (Å²) >= 11 is 1.52. The van der Waals surface area contributed by atoms with Gasteiger partial charge in [-0.05, 0) is 48.9 Å². The number of aromatic nitrogens is 2. The standard InChI is InChI=1S/C27H26N4O2S/c32-25(28-20-10-11-20)19-8-6-17(7-9-19)14-31(21-12-13-21)15-23-29-26(33)24-22(16-34-27(24)30-23)18-4-2-1-3-5-18/h1-9,16,20-21H,10-15H2,(H,28,32)(H,29,30,33). The number of amides is 1. The summed E-state index contributed by atoms with van der Waals surface area (Å²) in [5.41, 5.74) is 3.74. The predicted molar refractivity (Wildman–Crippen MR) is 135 cm³/mol. The highest BCUT2D eigenvalue weighted by molar-refractivity contribution is 7.17. The third-order valence-electron chi connectivity index (χ3n) is 6.51. The molecule has 34 heavy (non-hydrogen) atoms.